The Bertz CT molecular complexity index is 381. The molecule has 0 unspecified atom stereocenters. The number of thioether (sulfide) groups is 1. The molecule has 0 amide bonds. The van der Waals surface area contributed by atoms with Gasteiger partial charge in [0.05, 0.1) is 4.90 Å². The molecule has 0 aliphatic heterocycles. The quantitative estimate of drug-likeness (QED) is 0.656. The first-order chi connectivity index (χ1) is 6.56. The molecule has 0 radical (unpaired) electrons. The van der Waals surface area contributed by atoms with Gasteiger partial charge in [-0.15, -0.1) is 11.8 Å². The molecule has 0 saturated heterocycles. The number of rotatable bonds is 4. The van der Waals surface area contributed by atoms with Gasteiger partial charge in [0.15, 0.2) is 9.84 Å². The fraction of sp³-hybridized carbons (Fsp3) is 0.333. The minimum atomic E-state index is -3.13. The van der Waals surface area contributed by atoms with Gasteiger partial charge in [-0.3, -0.25) is 0 Å². The van der Waals surface area contributed by atoms with E-state index in [-0.39, 0.29) is 5.08 Å². The molecule has 0 aliphatic rings. The van der Waals surface area contributed by atoms with Crippen molar-refractivity contribution in [2.24, 2.45) is 0 Å². The van der Waals surface area contributed by atoms with Gasteiger partial charge in [0.25, 0.3) is 0 Å². The van der Waals surface area contributed by atoms with Crippen LogP contribution < -0.4 is 0 Å². The maximum absolute atomic E-state index is 11.6. The van der Waals surface area contributed by atoms with Crippen LogP contribution in [0.2, 0.25) is 0 Å². The van der Waals surface area contributed by atoms with Crippen molar-refractivity contribution in [2.75, 3.05) is 10.2 Å². The van der Waals surface area contributed by atoms with Crippen LogP contribution in [0.15, 0.2) is 29.2 Å². The zero-order valence-corrected chi connectivity index (χ0v) is 10.3. The summed E-state index contributed by atoms with van der Waals surface area (Å²) in [4.78, 5) is 0.386. The highest BCUT2D eigenvalue weighted by Gasteiger charge is 2.12. The Hall–Kier alpha value is -0.130. The Morgan fingerprint density at radius 2 is 1.86 bits per heavy atom. The molecule has 78 valence electrons. The number of sulfone groups is 1. The summed E-state index contributed by atoms with van der Waals surface area (Å²) in [5.41, 5.74) is 1.06. The van der Waals surface area contributed by atoms with Crippen molar-refractivity contribution >= 4 is 34.2 Å². The van der Waals surface area contributed by atoms with E-state index in [1.54, 1.807) is 24.3 Å². The molecule has 0 fully saturated rings. The van der Waals surface area contributed by atoms with Crippen molar-refractivity contribution in [3.8, 4) is 0 Å². The second-order valence-corrected chi connectivity index (χ2v) is 6.96. The van der Waals surface area contributed by atoms with Gasteiger partial charge < -0.3 is 0 Å². The molecular weight excluding hydrogens is 236 g/mol. The Labute approximate surface area is 94.4 Å². The van der Waals surface area contributed by atoms with Crippen LogP contribution in [0.1, 0.15) is 5.56 Å². The lowest BCUT2D eigenvalue weighted by Gasteiger charge is -2.02. The van der Waals surface area contributed by atoms with E-state index < -0.39 is 9.84 Å². The van der Waals surface area contributed by atoms with Crippen LogP contribution in [-0.4, -0.2) is 18.6 Å². The highest BCUT2D eigenvalue weighted by molar-refractivity contribution is 8.17. The van der Waals surface area contributed by atoms with Crippen molar-refractivity contribution in [3.63, 3.8) is 0 Å². The van der Waals surface area contributed by atoms with Crippen molar-refractivity contribution < 1.29 is 8.42 Å². The minimum Gasteiger partial charge on any atom is -0.223 e. The first-order valence-electron chi connectivity index (χ1n) is 4.04. The maximum atomic E-state index is 11.6. The maximum Gasteiger partial charge on any atom is 0.187 e. The highest BCUT2D eigenvalue weighted by atomic mass is 32.3. The van der Waals surface area contributed by atoms with Gasteiger partial charge in [-0.05, 0) is 19.1 Å². The predicted octanol–water partition coefficient (Wildman–Crippen LogP) is 2.35. The van der Waals surface area contributed by atoms with E-state index in [1.807, 2.05) is 6.92 Å². The Balaban J connectivity index is 2.87. The van der Waals surface area contributed by atoms with Gasteiger partial charge in [0, 0.05) is 5.08 Å². The van der Waals surface area contributed by atoms with E-state index in [1.165, 1.54) is 11.8 Å². The number of hydrogen-bond acceptors (Lipinski definition) is 4. The summed E-state index contributed by atoms with van der Waals surface area (Å²) < 4.78 is 23.3. The highest BCUT2D eigenvalue weighted by Crippen LogP contribution is 2.17. The third kappa shape index (κ3) is 3.22. The summed E-state index contributed by atoms with van der Waals surface area (Å²) in [5, 5.41) is 0.616. The molecule has 0 heterocycles. The number of aryl methyl sites for hydroxylation is 1. The SMILES string of the molecule is Cc1ccc(S(=O)(=O)CSCS)cc1. The van der Waals surface area contributed by atoms with E-state index >= 15 is 0 Å². The number of benzene rings is 1. The molecule has 1 aromatic rings. The molecule has 0 spiro atoms. The van der Waals surface area contributed by atoms with E-state index in [9.17, 15) is 8.42 Å². The lowest BCUT2D eigenvalue weighted by molar-refractivity contribution is 0.601. The molecule has 14 heavy (non-hydrogen) atoms. The third-order valence-corrected chi connectivity index (χ3v) is 5.34. The predicted molar refractivity (Wildman–Crippen MR) is 64.7 cm³/mol. The summed E-state index contributed by atoms with van der Waals surface area (Å²) in [6, 6.07) is 6.89. The van der Waals surface area contributed by atoms with E-state index in [0.29, 0.717) is 9.98 Å². The van der Waals surface area contributed by atoms with Gasteiger partial charge >= 0.3 is 0 Å². The largest absolute Gasteiger partial charge is 0.223 e. The Kier molecular flexibility index (Phi) is 4.34. The van der Waals surface area contributed by atoms with Crippen LogP contribution in [0.4, 0.5) is 0 Å². The van der Waals surface area contributed by atoms with Crippen LogP contribution in [0.5, 0.6) is 0 Å². The van der Waals surface area contributed by atoms with E-state index in [0.717, 1.165) is 5.56 Å². The first kappa shape index (κ1) is 11.9. The van der Waals surface area contributed by atoms with E-state index in [4.69, 9.17) is 0 Å². The van der Waals surface area contributed by atoms with Gasteiger partial charge in [-0.1, -0.05) is 17.7 Å². The average molecular weight is 248 g/mol. The molecule has 2 nitrogen and oxygen atoms in total. The molecule has 5 heteroatoms. The summed E-state index contributed by atoms with van der Waals surface area (Å²) >= 11 is 5.25. The first-order valence-corrected chi connectivity index (χ1v) is 7.48. The summed E-state index contributed by atoms with van der Waals surface area (Å²) in [5.74, 6) is 0. The second kappa shape index (κ2) is 5.09. The monoisotopic (exact) mass is 248 g/mol. The smallest absolute Gasteiger partial charge is 0.187 e. The lowest BCUT2D eigenvalue weighted by atomic mass is 10.2. The molecule has 0 aromatic heterocycles. The van der Waals surface area contributed by atoms with Crippen LogP contribution in [-0.2, 0) is 9.84 Å². The van der Waals surface area contributed by atoms with Gasteiger partial charge in [0.1, 0.15) is 5.08 Å². The molecule has 0 aliphatic carbocycles. The van der Waals surface area contributed by atoms with Crippen LogP contribution in [0.25, 0.3) is 0 Å². The molecule has 1 aromatic carbocycles. The van der Waals surface area contributed by atoms with Crippen molar-refractivity contribution in [2.45, 2.75) is 11.8 Å². The van der Waals surface area contributed by atoms with Crippen molar-refractivity contribution in [1.82, 2.24) is 0 Å². The van der Waals surface area contributed by atoms with Crippen LogP contribution in [0, 0.1) is 6.92 Å². The zero-order valence-electron chi connectivity index (χ0n) is 7.80. The Morgan fingerprint density at radius 1 is 1.29 bits per heavy atom. The summed E-state index contributed by atoms with van der Waals surface area (Å²) in [6.45, 7) is 1.93. The Morgan fingerprint density at radius 3 is 2.36 bits per heavy atom. The number of hydrogen-bond donors (Lipinski definition) is 1. The van der Waals surface area contributed by atoms with Gasteiger partial charge in [-0.2, -0.15) is 12.6 Å². The fourth-order valence-corrected chi connectivity index (χ4v) is 3.90. The van der Waals surface area contributed by atoms with Crippen LogP contribution in [0.3, 0.4) is 0 Å². The standard InChI is InChI=1S/C9H12O2S3/c1-8-2-4-9(5-3-8)14(10,11)7-13-6-12/h2-5,12H,6-7H2,1H3. The molecular formula is C9H12O2S3. The van der Waals surface area contributed by atoms with Crippen molar-refractivity contribution in [1.29, 1.82) is 0 Å². The number of thiol groups is 1. The normalized spacial score (nSPS) is 11.6. The van der Waals surface area contributed by atoms with Gasteiger partial charge in [-0.25, -0.2) is 8.42 Å². The topological polar surface area (TPSA) is 34.1 Å². The van der Waals surface area contributed by atoms with E-state index in [2.05, 4.69) is 12.6 Å². The summed E-state index contributed by atoms with van der Waals surface area (Å²) in [6.07, 6.45) is 0. The zero-order chi connectivity index (χ0) is 10.6. The van der Waals surface area contributed by atoms with Crippen molar-refractivity contribution in [3.05, 3.63) is 29.8 Å². The average Bonchev–Trinajstić information content (AvgIpc) is 2.16. The third-order valence-electron chi connectivity index (χ3n) is 1.71. The lowest BCUT2D eigenvalue weighted by Crippen LogP contribution is -2.03. The fourth-order valence-electron chi connectivity index (χ4n) is 0.961. The van der Waals surface area contributed by atoms with Gasteiger partial charge in [0.2, 0.25) is 0 Å². The molecule has 0 atom stereocenters. The molecule has 0 saturated carbocycles. The molecule has 0 N–H and O–H groups in total. The minimum absolute atomic E-state index is 0.0968. The molecule has 1 rings (SSSR count). The second-order valence-electron chi connectivity index (χ2n) is 2.88. The summed E-state index contributed by atoms with van der Waals surface area (Å²) in [7, 11) is -3.13. The molecule has 0 bridgehead atoms. The van der Waals surface area contributed by atoms with Crippen LogP contribution >= 0.6 is 24.4 Å².